The Labute approximate surface area is 182 Å². The fraction of sp³-hybridized carbons (Fsp3) is 0.458. The van der Waals surface area contributed by atoms with E-state index < -0.39 is 0 Å². The van der Waals surface area contributed by atoms with Gasteiger partial charge in [-0.05, 0) is 52.3 Å². The number of aromatic nitrogens is 3. The van der Waals surface area contributed by atoms with E-state index in [1.54, 1.807) is 13.0 Å². The molecule has 5 heterocycles. The lowest BCUT2D eigenvalue weighted by atomic mass is 9.91. The van der Waals surface area contributed by atoms with Crippen molar-refractivity contribution < 1.29 is 4.39 Å². The van der Waals surface area contributed by atoms with Crippen LogP contribution in [0.2, 0.25) is 0 Å². The highest BCUT2D eigenvalue weighted by molar-refractivity contribution is 5.94. The van der Waals surface area contributed by atoms with E-state index in [4.69, 9.17) is 4.98 Å². The number of likely N-dealkylation sites (N-methyl/N-ethyl adjacent to an activating group) is 1. The lowest BCUT2D eigenvalue weighted by Gasteiger charge is -2.50. The lowest BCUT2D eigenvalue weighted by Crippen LogP contribution is -2.61. The van der Waals surface area contributed by atoms with Crippen LogP contribution in [-0.4, -0.2) is 52.3 Å². The number of hydrogen-bond acceptors (Lipinski definition) is 6. The van der Waals surface area contributed by atoms with E-state index in [1.807, 2.05) is 32.2 Å². The zero-order valence-electron chi connectivity index (χ0n) is 18.6. The highest BCUT2D eigenvalue weighted by Crippen LogP contribution is 2.34. The van der Waals surface area contributed by atoms with E-state index in [1.165, 1.54) is 12.8 Å². The molecule has 0 spiro atoms. The molecule has 162 valence electrons. The minimum atomic E-state index is -0.239. The molecule has 3 aliphatic rings. The van der Waals surface area contributed by atoms with Crippen LogP contribution < -0.4 is 10.2 Å². The van der Waals surface area contributed by atoms with Crippen LogP contribution in [0.4, 0.5) is 16.0 Å². The van der Waals surface area contributed by atoms with Gasteiger partial charge in [-0.2, -0.15) is 5.10 Å². The minimum absolute atomic E-state index is 0.178. The van der Waals surface area contributed by atoms with Crippen molar-refractivity contribution in [3.05, 3.63) is 53.1 Å². The van der Waals surface area contributed by atoms with Crippen molar-refractivity contribution in [3.8, 4) is 0 Å². The zero-order chi connectivity index (χ0) is 21.7. The Morgan fingerprint density at radius 1 is 1.10 bits per heavy atom. The maximum Gasteiger partial charge on any atom is 0.157 e. The smallest absolute Gasteiger partial charge is 0.157 e. The third kappa shape index (κ3) is 3.51. The number of aryl methyl sites for hydroxylation is 2. The van der Waals surface area contributed by atoms with Gasteiger partial charge in [0, 0.05) is 47.7 Å². The fourth-order valence-electron chi connectivity index (χ4n) is 5.03. The van der Waals surface area contributed by atoms with Crippen molar-refractivity contribution in [1.82, 2.24) is 20.1 Å². The van der Waals surface area contributed by atoms with Crippen LogP contribution in [0.5, 0.6) is 0 Å². The van der Waals surface area contributed by atoms with Gasteiger partial charge < -0.3 is 10.2 Å². The number of nitrogens with one attached hydrogen (secondary N) is 1. The van der Waals surface area contributed by atoms with Crippen molar-refractivity contribution in [2.24, 2.45) is 0 Å². The SMILES string of the molecule is Cc1cccc([C@@H](C)Nc2nnc(C)c3cnc(N4C[C@H]5CC[C@@H]4CN5C)cc23)c1F. The predicted octanol–water partition coefficient (Wildman–Crippen LogP) is 4.24. The van der Waals surface area contributed by atoms with Gasteiger partial charge in [0.2, 0.25) is 0 Å². The molecule has 6 rings (SSSR count). The highest BCUT2D eigenvalue weighted by Gasteiger charge is 2.37. The third-order valence-electron chi connectivity index (χ3n) is 6.97. The summed E-state index contributed by atoms with van der Waals surface area (Å²) in [5.41, 5.74) is 2.11. The van der Waals surface area contributed by atoms with Crippen molar-refractivity contribution in [2.75, 3.05) is 30.4 Å². The molecule has 0 amide bonds. The molecular weight excluding hydrogens is 391 g/mol. The second-order valence-corrected chi connectivity index (χ2v) is 9.04. The maximum absolute atomic E-state index is 14.7. The molecule has 3 aliphatic heterocycles. The van der Waals surface area contributed by atoms with E-state index in [2.05, 4.69) is 38.4 Å². The first-order valence-corrected chi connectivity index (χ1v) is 11.0. The average molecular weight is 421 g/mol. The van der Waals surface area contributed by atoms with Crippen molar-refractivity contribution >= 4 is 22.4 Å². The van der Waals surface area contributed by atoms with E-state index in [-0.39, 0.29) is 11.9 Å². The maximum atomic E-state index is 14.7. The number of rotatable bonds is 4. The first-order chi connectivity index (χ1) is 14.9. The van der Waals surface area contributed by atoms with Crippen LogP contribution in [0.15, 0.2) is 30.5 Å². The Morgan fingerprint density at radius 3 is 2.65 bits per heavy atom. The standard InChI is InChI=1S/C24H29FN6/c1-14-6-5-7-19(23(14)25)15(2)27-24-20-10-22(26-11-21(20)16(3)28-29-24)31-13-17-8-9-18(31)12-30(17)4/h5-7,10-11,15,17-18H,8-9,12-13H2,1-4H3,(H,27,29)/t15-,17-,18-/m1/s1. The summed E-state index contributed by atoms with van der Waals surface area (Å²) >= 11 is 0. The average Bonchev–Trinajstić information content (AvgIpc) is 2.77. The summed E-state index contributed by atoms with van der Waals surface area (Å²) < 4.78 is 14.7. The number of halogens is 1. The Bertz CT molecular complexity index is 1130. The van der Waals surface area contributed by atoms with Gasteiger partial charge in [-0.1, -0.05) is 18.2 Å². The molecule has 0 unspecified atom stereocenters. The quantitative estimate of drug-likeness (QED) is 0.682. The summed E-state index contributed by atoms with van der Waals surface area (Å²) in [5.74, 6) is 1.47. The van der Waals surface area contributed by atoms with Gasteiger partial charge in [0.1, 0.15) is 11.6 Å². The van der Waals surface area contributed by atoms with Crippen LogP contribution in [0.3, 0.4) is 0 Å². The molecule has 1 N–H and O–H groups in total. The first-order valence-electron chi connectivity index (χ1n) is 11.0. The highest BCUT2D eigenvalue weighted by atomic mass is 19.1. The second kappa shape index (κ2) is 7.71. The molecular formula is C24H29FN6. The number of nitrogens with zero attached hydrogens (tertiary/aromatic N) is 5. The number of piperazine rings is 1. The number of piperidine rings is 2. The summed E-state index contributed by atoms with van der Waals surface area (Å²) in [7, 11) is 2.22. The van der Waals surface area contributed by atoms with Gasteiger partial charge in [-0.25, -0.2) is 9.37 Å². The number of anilines is 2. The van der Waals surface area contributed by atoms with Gasteiger partial charge >= 0.3 is 0 Å². The number of fused-ring (bicyclic) bond motifs is 4. The minimum Gasteiger partial charge on any atom is -0.361 e. The van der Waals surface area contributed by atoms with Crippen LogP contribution in [0.25, 0.3) is 10.8 Å². The van der Waals surface area contributed by atoms with E-state index in [0.29, 0.717) is 29.0 Å². The third-order valence-corrected chi connectivity index (χ3v) is 6.97. The largest absolute Gasteiger partial charge is 0.361 e. The molecule has 0 aliphatic carbocycles. The molecule has 3 aromatic rings. The topological polar surface area (TPSA) is 57.2 Å². The molecule has 0 radical (unpaired) electrons. The molecule has 1 aromatic carbocycles. The zero-order valence-corrected chi connectivity index (χ0v) is 18.6. The van der Waals surface area contributed by atoms with Crippen LogP contribution in [0.1, 0.15) is 42.6 Å². The molecule has 6 nitrogen and oxygen atoms in total. The number of benzene rings is 1. The first kappa shape index (κ1) is 20.1. The Hall–Kier alpha value is -2.80. The molecule has 0 saturated carbocycles. The monoisotopic (exact) mass is 420 g/mol. The van der Waals surface area contributed by atoms with Crippen molar-refractivity contribution in [1.29, 1.82) is 0 Å². The molecule has 3 saturated heterocycles. The van der Waals surface area contributed by atoms with E-state index >= 15 is 0 Å². The summed E-state index contributed by atoms with van der Waals surface area (Å²) in [6, 6.07) is 8.45. The molecule has 3 atom stereocenters. The summed E-state index contributed by atoms with van der Waals surface area (Å²) in [6.07, 6.45) is 4.36. The lowest BCUT2D eigenvalue weighted by molar-refractivity contribution is 0.124. The van der Waals surface area contributed by atoms with Crippen LogP contribution in [0, 0.1) is 19.7 Å². The Kier molecular flexibility index (Phi) is 5.01. The summed E-state index contributed by atoms with van der Waals surface area (Å²) in [4.78, 5) is 9.70. The normalized spacial score (nSPS) is 22.2. The Balaban J connectivity index is 1.51. The molecule has 2 bridgehead atoms. The Morgan fingerprint density at radius 2 is 1.90 bits per heavy atom. The predicted molar refractivity (Wildman–Crippen MR) is 122 cm³/mol. The molecule has 3 fully saturated rings. The van der Waals surface area contributed by atoms with E-state index in [0.717, 1.165) is 35.4 Å². The van der Waals surface area contributed by atoms with Gasteiger partial charge in [0.15, 0.2) is 5.82 Å². The van der Waals surface area contributed by atoms with Crippen LogP contribution in [-0.2, 0) is 0 Å². The molecule has 2 aromatic heterocycles. The van der Waals surface area contributed by atoms with E-state index in [9.17, 15) is 4.39 Å². The summed E-state index contributed by atoms with van der Waals surface area (Å²) in [5, 5.41) is 14.1. The van der Waals surface area contributed by atoms with Gasteiger partial charge in [0.05, 0.1) is 11.7 Å². The fourth-order valence-corrected chi connectivity index (χ4v) is 5.03. The van der Waals surface area contributed by atoms with Crippen molar-refractivity contribution in [3.63, 3.8) is 0 Å². The van der Waals surface area contributed by atoms with Crippen molar-refractivity contribution in [2.45, 2.75) is 51.7 Å². The van der Waals surface area contributed by atoms with Gasteiger partial charge in [-0.3, -0.25) is 4.90 Å². The van der Waals surface area contributed by atoms with Gasteiger partial charge in [-0.15, -0.1) is 5.10 Å². The number of pyridine rings is 1. The second-order valence-electron chi connectivity index (χ2n) is 9.04. The van der Waals surface area contributed by atoms with Gasteiger partial charge in [0.25, 0.3) is 0 Å². The van der Waals surface area contributed by atoms with Crippen LogP contribution >= 0.6 is 0 Å². The molecule has 7 heteroatoms. The number of hydrogen-bond donors (Lipinski definition) is 1. The summed E-state index contributed by atoms with van der Waals surface area (Å²) in [6.45, 7) is 7.76. The molecule has 31 heavy (non-hydrogen) atoms.